The highest BCUT2D eigenvalue weighted by Crippen LogP contribution is 2.14. The summed E-state index contributed by atoms with van der Waals surface area (Å²) in [6.07, 6.45) is 2.41. The van der Waals surface area contributed by atoms with Crippen LogP contribution in [0.4, 0.5) is 5.69 Å². The first-order valence-electron chi connectivity index (χ1n) is 5.89. The van der Waals surface area contributed by atoms with Crippen LogP contribution in [0.1, 0.15) is 32.3 Å². The summed E-state index contributed by atoms with van der Waals surface area (Å²) in [5, 5.41) is 10.5. The Balaban J connectivity index is 2.35. The van der Waals surface area contributed by atoms with E-state index in [-0.39, 0.29) is 17.8 Å². The molecule has 0 aliphatic heterocycles. The van der Waals surface area contributed by atoms with E-state index in [4.69, 9.17) is 4.74 Å². The average molecular weight is 251 g/mol. The Kier molecular flexibility index (Phi) is 5.30. The first kappa shape index (κ1) is 14.2. The second kappa shape index (κ2) is 6.74. The number of nitro groups is 1. The quantitative estimate of drug-likeness (QED) is 0.443. The van der Waals surface area contributed by atoms with Crippen molar-refractivity contribution in [2.45, 2.75) is 39.2 Å². The van der Waals surface area contributed by atoms with Gasteiger partial charge in [-0.15, -0.1) is 0 Å². The number of hydrogen-bond donors (Lipinski definition) is 0. The lowest BCUT2D eigenvalue weighted by Gasteiger charge is -2.11. The SMILES string of the molecule is CC(=O)OC(C)CCCc1ccc([N+](=O)[O-])cc1. The molecule has 0 saturated heterocycles. The lowest BCUT2D eigenvalue weighted by Crippen LogP contribution is -2.12. The van der Waals surface area contributed by atoms with Gasteiger partial charge in [0.25, 0.3) is 5.69 Å². The van der Waals surface area contributed by atoms with Crippen molar-refractivity contribution in [1.29, 1.82) is 0 Å². The van der Waals surface area contributed by atoms with Crippen LogP contribution in [0.3, 0.4) is 0 Å². The summed E-state index contributed by atoms with van der Waals surface area (Å²) in [6.45, 7) is 3.25. The monoisotopic (exact) mass is 251 g/mol. The molecule has 98 valence electrons. The van der Waals surface area contributed by atoms with Crippen LogP contribution in [0.2, 0.25) is 0 Å². The molecular formula is C13H17NO4. The number of carbonyl (C=O) groups is 1. The molecule has 0 radical (unpaired) electrons. The van der Waals surface area contributed by atoms with Crippen molar-refractivity contribution < 1.29 is 14.5 Å². The third-order valence-electron chi connectivity index (χ3n) is 2.59. The number of benzene rings is 1. The molecule has 1 atom stereocenters. The second-order valence-electron chi connectivity index (χ2n) is 4.24. The third-order valence-corrected chi connectivity index (χ3v) is 2.59. The van der Waals surface area contributed by atoms with Gasteiger partial charge < -0.3 is 4.74 Å². The normalized spacial score (nSPS) is 11.9. The van der Waals surface area contributed by atoms with E-state index in [0.717, 1.165) is 24.8 Å². The van der Waals surface area contributed by atoms with E-state index in [0.29, 0.717) is 0 Å². The molecule has 0 heterocycles. The van der Waals surface area contributed by atoms with Crippen molar-refractivity contribution in [2.24, 2.45) is 0 Å². The fourth-order valence-electron chi connectivity index (χ4n) is 1.72. The van der Waals surface area contributed by atoms with Crippen LogP contribution < -0.4 is 0 Å². The molecule has 0 aliphatic rings. The van der Waals surface area contributed by atoms with E-state index in [2.05, 4.69) is 0 Å². The Morgan fingerprint density at radius 2 is 2.00 bits per heavy atom. The number of ether oxygens (including phenoxy) is 1. The number of hydrogen-bond acceptors (Lipinski definition) is 4. The van der Waals surface area contributed by atoms with Crippen LogP contribution in [-0.2, 0) is 16.0 Å². The van der Waals surface area contributed by atoms with Crippen LogP contribution in [0.15, 0.2) is 24.3 Å². The minimum Gasteiger partial charge on any atom is -0.463 e. The van der Waals surface area contributed by atoms with Crippen LogP contribution >= 0.6 is 0 Å². The van der Waals surface area contributed by atoms with Gasteiger partial charge in [0.2, 0.25) is 0 Å². The second-order valence-corrected chi connectivity index (χ2v) is 4.24. The average Bonchev–Trinajstić information content (AvgIpc) is 2.28. The number of esters is 1. The Morgan fingerprint density at radius 3 is 2.50 bits per heavy atom. The lowest BCUT2D eigenvalue weighted by atomic mass is 10.1. The fourth-order valence-corrected chi connectivity index (χ4v) is 1.72. The Hall–Kier alpha value is -1.91. The molecule has 0 amide bonds. The minimum absolute atomic E-state index is 0.0828. The molecule has 5 nitrogen and oxygen atoms in total. The molecule has 5 heteroatoms. The highest BCUT2D eigenvalue weighted by molar-refractivity contribution is 5.66. The van der Waals surface area contributed by atoms with E-state index in [1.165, 1.54) is 19.1 Å². The maximum absolute atomic E-state index is 10.7. The predicted octanol–water partition coefficient (Wildman–Crippen LogP) is 2.87. The zero-order valence-electron chi connectivity index (χ0n) is 10.6. The molecule has 0 bridgehead atoms. The van der Waals surface area contributed by atoms with Gasteiger partial charge in [0.05, 0.1) is 11.0 Å². The van der Waals surface area contributed by atoms with Gasteiger partial charge in [-0.25, -0.2) is 0 Å². The third kappa shape index (κ3) is 4.95. The number of aryl methyl sites for hydroxylation is 1. The molecule has 1 unspecified atom stereocenters. The minimum atomic E-state index is -0.410. The van der Waals surface area contributed by atoms with Gasteiger partial charge in [-0.05, 0) is 31.7 Å². The summed E-state index contributed by atoms with van der Waals surface area (Å²) in [4.78, 5) is 20.8. The molecule has 1 aromatic carbocycles. The largest absolute Gasteiger partial charge is 0.463 e. The van der Waals surface area contributed by atoms with Crippen molar-refractivity contribution >= 4 is 11.7 Å². The van der Waals surface area contributed by atoms with Gasteiger partial charge in [-0.2, -0.15) is 0 Å². The van der Waals surface area contributed by atoms with Crippen LogP contribution in [-0.4, -0.2) is 17.0 Å². The molecule has 1 aromatic rings. The summed E-state index contributed by atoms with van der Waals surface area (Å²) in [7, 11) is 0. The summed E-state index contributed by atoms with van der Waals surface area (Å²) >= 11 is 0. The summed E-state index contributed by atoms with van der Waals surface area (Å²) in [5.41, 5.74) is 1.16. The zero-order valence-corrected chi connectivity index (χ0v) is 10.6. The Labute approximate surface area is 106 Å². The Bertz CT molecular complexity index is 414. The number of carbonyl (C=O) groups excluding carboxylic acids is 1. The maximum atomic E-state index is 10.7. The van der Waals surface area contributed by atoms with Gasteiger partial charge in [0.1, 0.15) is 0 Å². The van der Waals surface area contributed by atoms with Crippen LogP contribution in [0.5, 0.6) is 0 Å². The molecule has 0 aliphatic carbocycles. The summed E-state index contributed by atoms with van der Waals surface area (Å²) < 4.78 is 5.01. The zero-order chi connectivity index (χ0) is 13.5. The van der Waals surface area contributed by atoms with Crippen molar-refractivity contribution in [3.8, 4) is 0 Å². The van der Waals surface area contributed by atoms with Crippen molar-refractivity contribution in [3.05, 3.63) is 39.9 Å². The molecule has 18 heavy (non-hydrogen) atoms. The molecule has 0 fully saturated rings. The van der Waals surface area contributed by atoms with E-state index in [9.17, 15) is 14.9 Å². The van der Waals surface area contributed by atoms with Gasteiger partial charge in [0, 0.05) is 19.1 Å². The number of nitrogens with zero attached hydrogens (tertiary/aromatic N) is 1. The summed E-state index contributed by atoms with van der Waals surface area (Å²) in [6, 6.07) is 6.53. The van der Waals surface area contributed by atoms with Crippen LogP contribution in [0, 0.1) is 10.1 Å². The molecule has 0 saturated carbocycles. The topological polar surface area (TPSA) is 69.4 Å². The fraction of sp³-hybridized carbons (Fsp3) is 0.462. The van der Waals surface area contributed by atoms with E-state index < -0.39 is 4.92 Å². The van der Waals surface area contributed by atoms with Crippen molar-refractivity contribution in [3.63, 3.8) is 0 Å². The van der Waals surface area contributed by atoms with Gasteiger partial charge in [-0.3, -0.25) is 14.9 Å². The van der Waals surface area contributed by atoms with E-state index in [1.54, 1.807) is 12.1 Å². The van der Waals surface area contributed by atoms with Crippen molar-refractivity contribution in [2.75, 3.05) is 0 Å². The first-order valence-corrected chi connectivity index (χ1v) is 5.89. The molecule has 0 aromatic heterocycles. The Morgan fingerprint density at radius 1 is 1.39 bits per heavy atom. The molecule has 1 rings (SSSR count). The van der Waals surface area contributed by atoms with Crippen LogP contribution in [0.25, 0.3) is 0 Å². The first-order chi connectivity index (χ1) is 8.49. The van der Waals surface area contributed by atoms with Gasteiger partial charge in [-0.1, -0.05) is 12.1 Å². The predicted molar refractivity (Wildman–Crippen MR) is 67.3 cm³/mol. The van der Waals surface area contributed by atoms with Gasteiger partial charge in [0.15, 0.2) is 0 Å². The highest BCUT2D eigenvalue weighted by Gasteiger charge is 2.06. The van der Waals surface area contributed by atoms with Crippen molar-refractivity contribution in [1.82, 2.24) is 0 Å². The molecule has 0 N–H and O–H groups in total. The lowest BCUT2D eigenvalue weighted by molar-refractivity contribution is -0.384. The summed E-state index contributed by atoms with van der Waals surface area (Å²) in [5.74, 6) is -0.266. The molecule has 0 spiro atoms. The smallest absolute Gasteiger partial charge is 0.302 e. The maximum Gasteiger partial charge on any atom is 0.302 e. The van der Waals surface area contributed by atoms with E-state index >= 15 is 0 Å². The van der Waals surface area contributed by atoms with E-state index in [1.807, 2.05) is 6.92 Å². The molecular weight excluding hydrogens is 234 g/mol. The van der Waals surface area contributed by atoms with Gasteiger partial charge >= 0.3 is 5.97 Å². The standard InChI is InChI=1S/C13H17NO4/c1-10(18-11(2)15)4-3-5-12-6-8-13(9-7-12)14(16)17/h6-10H,3-5H2,1-2H3. The number of non-ortho nitro benzene ring substituents is 1. The number of nitro benzene ring substituents is 1. The number of rotatable bonds is 6. The highest BCUT2D eigenvalue weighted by atomic mass is 16.6.